The van der Waals surface area contributed by atoms with Crippen LogP contribution < -0.4 is 0 Å². The maximum Gasteiger partial charge on any atom is 0.124 e. The zero-order valence-corrected chi connectivity index (χ0v) is 20.1. The second kappa shape index (κ2) is 9.33. The maximum atomic E-state index is 10.3. The highest BCUT2D eigenvalue weighted by Crippen LogP contribution is 2.55. The highest BCUT2D eigenvalue weighted by molar-refractivity contribution is 8.29. The van der Waals surface area contributed by atoms with Gasteiger partial charge in [-0.3, -0.25) is 0 Å². The van der Waals surface area contributed by atoms with Gasteiger partial charge in [-0.25, -0.2) is 8.42 Å². The molecule has 0 saturated heterocycles. The van der Waals surface area contributed by atoms with Crippen molar-refractivity contribution in [1.82, 2.24) is 0 Å². The minimum absolute atomic E-state index is 0.185. The first-order chi connectivity index (χ1) is 15.1. The first-order valence-electron chi connectivity index (χ1n) is 10.2. The van der Waals surface area contributed by atoms with Crippen LogP contribution in [0.25, 0.3) is 0 Å². The van der Waals surface area contributed by atoms with Crippen LogP contribution in [0.1, 0.15) is 5.56 Å². The second-order valence-corrected chi connectivity index (χ2v) is 14.7. The molecule has 0 fully saturated rings. The van der Waals surface area contributed by atoms with Crippen LogP contribution in [0.15, 0.2) is 135 Å². The van der Waals surface area contributed by atoms with Crippen molar-refractivity contribution in [2.45, 2.75) is 26.5 Å². The van der Waals surface area contributed by atoms with Gasteiger partial charge in [0.25, 0.3) is 0 Å². The van der Waals surface area contributed by atoms with E-state index >= 15 is 0 Å². The first kappa shape index (κ1) is 23.8. The van der Waals surface area contributed by atoms with Crippen molar-refractivity contribution in [3.8, 4) is 0 Å². The van der Waals surface area contributed by atoms with Gasteiger partial charge >= 0.3 is 0 Å². The molecule has 4 rings (SSSR count). The molecule has 4 aromatic rings. The molecule has 166 valence electrons. The zero-order chi connectivity index (χ0) is 23.3. The SMILES string of the molecule is Cc1ccccc1[S+](C)(C)(c1ccccc1)c1ccccc1.O=S(=O)([O-])c1ccccc1. The highest BCUT2D eigenvalue weighted by Gasteiger charge is 2.45. The van der Waals surface area contributed by atoms with E-state index in [0.717, 1.165) is 0 Å². The van der Waals surface area contributed by atoms with Crippen LogP contribution in [0, 0.1) is 6.92 Å². The quantitative estimate of drug-likeness (QED) is 0.274. The van der Waals surface area contributed by atoms with Gasteiger partial charge in [0, 0.05) is 12.5 Å². The smallest absolute Gasteiger partial charge is 0.124 e. The molecule has 0 bridgehead atoms. The summed E-state index contributed by atoms with van der Waals surface area (Å²) in [6.45, 7) is 2.23. The lowest BCUT2D eigenvalue weighted by atomic mass is 10.2. The van der Waals surface area contributed by atoms with E-state index in [2.05, 4.69) is 104 Å². The van der Waals surface area contributed by atoms with Gasteiger partial charge in [0.05, 0.1) is 19.6 Å². The van der Waals surface area contributed by atoms with Crippen LogP contribution in [-0.2, 0) is 19.3 Å². The van der Waals surface area contributed by atoms with Crippen molar-refractivity contribution >= 4 is 19.3 Å². The number of rotatable bonds is 4. The van der Waals surface area contributed by atoms with E-state index in [1.54, 1.807) is 6.07 Å². The number of benzene rings is 4. The molecule has 0 aliphatic rings. The van der Waals surface area contributed by atoms with Crippen molar-refractivity contribution in [3.63, 3.8) is 0 Å². The van der Waals surface area contributed by atoms with E-state index in [-0.39, 0.29) is 4.90 Å². The summed E-state index contributed by atoms with van der Waals surface area (Å²) in [4.78, 5) is 4.10. The van der Waals surface area contributed by atoms with Gasteiger partial charge in [0.15, 0.2) is 0 Å². The Morgan fingerprint density at radius 1 is 0.594 bits per heavy atom. The van der Waals surface area contributed by atoms with Gasteiger partial charge in [0.1, 0.15) is 10.1 Å². The molecular formula is C27H28O3S2. The Balaban J connectivity index is 0.000000243. The summed E-state index contributed by atoms with van der Waals surface area (Å²) in [6.07, 6.45) is 4.90. The summed E-state index contributed by atoms with van der Waals surface area (Å²) >= 11 is 0. The highest BCUT2D eigenvalue weighted by atomic mass is 32.3. The fourth-order valence-corrected chi connectivity index (χ4v) is 8.62. The van der Waals surface area contributed by atoms with Crippen LogP contribution in [0.4, 0.5) is 0 Å². The molecule has 0 amide bonds. The second-order valence-electron chi connectivity index (χ2n) is 8.10. The van der Waals surface area contributed by atoms with E-state index in [9.17, 15) is 13.0 Å². The molecule has 5 heteroatoms. The monoisotopic (exact) mass is 464 g/mol. The topological polar surface area (TPSA) is 57.2 Å². The van der Waals surface area contributed by atoms with E-state index < -0.39 is 19.3 Å². The molecule has 0 atom stereocenters. The molecule has 0 aliphatic heterocycles. The van der Waals surface area contributed by atoms with Gasteiger partial charge in [0.2, 0.25) is 0 Å². The molecule has 0 N–H and O–H groups in total. The molecule has 4 aromatic carbocycles. The lowest BCUT2D eigenvalue weighted by molar-refractivity contribution is 0.463. The largest absolute Gasteiger partial charge is 0.744 e. The summed E-state index contributed by atoms with van der Waals surface area (Å²) in [6, 6.07) is 37.9. The lowest BCUT2D eigenvalue weighted by Gasteiger charge is -2.49. The average molecular weight is 465 g/mol. The molecule has 3 nitrogen and oxygen atoms in total. The molecule has 0 aromatic heterocycles. The summed E-state index contributed by atoms with van der Waals surface area (Å²) < 4.78 is 30.8. The summed E-state index contributed by atoms with van der Waals surface area (Å²) in [5, 5.41) is 0. The molecule has 0 aliphatic carbocycles. The van der Waals surface area contributed by atoms with E-state index in [1.165, 1.54) is 44.5 Å². The molecule has 0 unspecified atom stereocenters. The third kappa shape index (κ3) is 4.80. The van der Waals surface area contributed by atoms with Crippen molar-refractivity contribution in [2.24, 2.45) is 0 Å². The maximum absolute atomic E-state index is 10.3. The Kier molecular flexibility index (Phi) is 6.94. The lowest BCUT2D eigenvalue weighted by Crippen LogP contribution is -2.41. The molecule has 0 spiro atoms. The third-order valence-electron chi connectivity index (χ3n) is 5.69. The first-order valence-corrected chi connectivity index (χ1v) is 14.5. The minimum Gasteiger partial charge on any atom is -0.744 e. The van der Waals surface area contributed by atoms with Crippen molar-refractivity contribution in [1.29, 1.82) is 0 Å². The Hall–Kier alpha value is -2.86. The Morgan fingerprint density at radius 3 is 1.34 bits per heavy atom. The van der Waals surface area contributed by atoms with E-state index in [0.29, 0.717) is 0 Å². The zero-order valence-electron chi connectivity index (χ0n) is 18.5. The van der Waals surface area contributed by atoms with Crippen LogP contribution >= 0.6 is 0 Å². The molecule has 0 saturated carbocycles. The van der Waals surface area contributed by atoms with Crippen molar-refractivity contribution in [3.05, 3.63) is 121 Å². The van der Waals surface area contributed by atoms with E-state index in [4.69, 9.17) is 0 Å². The molecular weight excluding hydrogens is 436 g/mol. The van der Waals surface area contributed by atoms with Crippen molar-refractivity contribution in [2.75, 3.05) is 12.5 Å². The summed E-state index contributed by atoms with van der Waals surface area (Å²) in [7, 11) is -6.37. The Morgan fingerprint density at radius 2 is 0.969 bits per heavy atom. The number of aryl methyl sites for hydroxylation is 1. The minimum atomic E-state index is -4.25. The predicted molar refractivity (Wildman–Crippen MR) is 132 cm³/mol. The van der Waals surface area contributed by atoms with Gasteiger partial charge in [-0.15, -0.1) is 0 Å². The summed E-state index contributed by atoms with van der Waals surface area (Å²) in [5.74, 6) is 0. The average Bonchev–Trinajstić information content (AvgIpc) is 2.81. The van der Waals surface area contributed by atoms with Crippen LogP contribution in [-0.4, -0.2) is 25.5 Å². The Labute approximate surface area is 191 Å². The van der Waals surface area contributed by atoms with Gasteiger partial charge in [-0.2, -0.15) is 9.16 Å². The van der Waals surface area contributed by atoms with Crippen LogP contribution in [0.3, 0.4) is 0 Å². The van der Waals surface area contributed by atoms with Gasteiger partial charge in [-0.05, 0) is 55.0 Å². The molecule has 0 radical (unpaired) electrons. The standard InChI is InChI=1S/C21H23S.C6H6O3S/c1-18-12-10-11-17-21(18)22(2,3,19-13-6-4-7-14-19)20-15-8-5-9-16-20;7-10(8,9)6-4-2-1-3-5-6/h4-17H,1-3H3;1-5H,(H,7,8,9)/q+1;/p-1. The predicted octanol–water partition coefficient (Wildman–Crippen LogP) is 6.01. The summed E-state index contributed by atoms with van der Waals surface area (Å²) in [5.41, 5.74) is 1.36. The van der Waals surface area contributed by atoms with E-state index in [1.807, 2.05) is 0 Å². The Bertz CT molecular complexity index is 1220. The normalized spacial score (nSPS) is 12.7. The number of hydrogen-bond donors (Lipinski definition) is 0. The third-order valence-corrected chi connectivity index (χ3v) is 11.7. The molecule has 32 heavy (non-hydrogen) atoms. The van der Waals surface area contributed by atoms with Gasteiger partial charge in [-0.1, -0.05) is 72.8 Å². The molecule has 0 heterocycles. The van der Waals surface area contributed by atoms with Gasteiger partial charge < -0.3 is 4.55 Å². The van der Waals surface area contributed by atoms with Crippen molar-refractivity contribution < 1.29 is 13.0 Å². The fraction of sp³-hybridized carbons (Fsp3) is 0.111. The fourth-order valence-electron chi connectivity index (χ4n) is 3.88. The van der Waals surface area contributed by atoms with Crippen LogP contribution in [0.2, 0.25) is 0 Å². The van der Waals surface area contributed by atoms with Crippen LogP contribution in [0.5, 0.6) is 0 Å². The number of hydrogen-bond acceptors (Lipinski definition) is 3.